The highest BCUT2D eigenvalue weighted by molar-refractivity contribution is 7.80. The second-order valence-electron chi connectivity index (χ2n) is 1.41. The van der Waals surface area contributed by atoms with E-state index >= 15 is 0 Å². The van der Waals surface area contributed by atoms with Crippen molar-refractivity contribution in [1.29, 1.82) is 0 Å². The lowest BCUT2D eigenvalue weighted by Gasteiger charge is -1.97. The largest absolute Gasteiger partial charge is 0.413 e. The molecule has 0 aliphatic rings. The highest BCUT2D eigenvalue weighted by Gasteiger charge is 2.00. The Morgan fingerprint density at radius 1 is 1.67 bits per heavy atom. The maximum Gasteiger partial charge on any atom is 0.413 e. The number of hydrogen-bond donors (Lipinski definition) is 2. The van der Waals surface area contributed by atoms with Crippen LogP contribution in [0.4, 0.5) is 0 Å². The molecule has 0 atom stereocenters. The van der Waals surface area contributed by atoms with Crippen molar-refractivity contribution in [2.45, 2.75) is 13.3 Å². The van der Waals surface area contributed by atoms with Gasteiger partial charge in [-0.15, -0.1) is 0 Å². The second kappa shape index (κ2) is 3.78. The molecule has 0 radical (unpaired) electrons. The van der Waals surface area contributed by atoms with Gasteiger partial charge in [-0.3, -0.25) is 4.55 Å². The minimum atomic E-state index is -4.31. The summed E-state index contributed by atoms with van der Waals surface area (Å²) in [7, 11) is -4.31. The average Bonchev–Trinajstić information content (AvgIpc) is 1.63. The van der Waals surface area contributed by atoms with Crippen LogP contribution in [0.3, 0.4) is 0 Å². The van der Waals surface area contributed by atoms with Gasteiger partial charge in [0, 0.05) is 6.54 Å². The number of nitrogens with one attached hydrogen (secondary N) is 1. The van der Waals surface area contributed by atoms with Crippen molar-refractivity contribution in [2.75, 3.05) is 6.54 Å². The zero-order valence-electron chi connectivity index (χ0n) is 4.99. The predicted octanol–water partition coefficient (Wildman–Crippen LogP) is -0.280. The zero-order chi connectivity index (χ0) is 7.33. The van der Waals surface area contributed by atoms with Crippen LogP contribution < -0.4 is 5.48 Å². The van der Waals surface area contributed by atoms with Crippen molar-refractivity contribution in [3.05, 3.63) is 0 Å². The van der Waals surface area contributed by atoms with Gasteiger partial charge in [-0.1, -0.05) is 6.92 Å². The Labute approximate surface area is 53.9 Å². The standard InChI is InChI=1S/C3H9NO4S/c1-2-3-4-8-9(5,6)7/h4H,2-3H2,1H3,(H,5,6,7). The van der Waals surface area contributed by atoms with Gasteiger partial charge in [0.25, 0.3) is 0 Å². The lowest BCUT2D eigenvalue weighted by atomic mass is 10.5. The van der Waals surface area contributed by atoms with Gasteiger partial charge in [0.2, 0.25) is 0 Å². The zero-order valence-corrected chi connectivity index (χ0v) is 5.81. The minimum Gasteiger partial charge on any atom is -0.262 e. The molecule has 0 aliphatic heterocycles. The molecule has 0 bridgehead atoms. The van der Waals surface area contributed by atoms with Crippen LogP contribution in [0.25, 0.3) is 0 Å². The number of hydroxylamine groups is 1. The summed E-state index contributed by atoms with van der Waals surface area (Å²) >= 11 is 0. The first-order chi connectivity index (χ1) is 4.06. The third-order valence-corrected chi connectivity index (χ3v) is 0.845. The SMILES string of the molecule is CCCNOS(=O)(=O)O. The highest BCUT2D eigenvalue weighted by atomic mass is 32.3. The molecule has 2 N–H and O–H groups in total. The Morgan fingerprint density at radius 2 is 2.22 bits per heavy atom. The van der Waals surface area contributed by atoms with E-state index in [-0.39, 0.29) is 0 Å². The van der Waals surface area contributed by atoms with E-state index in [4.69, 9.17) is 4.55 Å². The van der Waals surface area contributed by atoms with E-state index in [1.54, 1.807) is 0 Å². The normalized spacial score (nSPS) is 11.8. The van der Waals surface area contributed by atoms with Crippen LogP contribution in [-0.4, -0.2) is 19.5 Å². The van der Waals surface area contributed by atoms with Crippen LogP contribution in [0.2, 0.25) is 0 Å². The second-order valence-corrected chi connectivity index (χ2v) is 2.43. The molecular formula is C3H9NO4S. The van der Waals surface area contributed by atoms with Crippen molar-refractivity contribution in [1.82, 2.24) is 5.48 Å². The lowest BCUT2D eigenvalue weighted by molar-refractivity contribution is 0.175. The molecule has 5 nitrogen and oxygen atoms in total. The molecule has 0 rings (SSSR count). The van der Waals surface area contributed by atoms with Crippen molar-refractivity contribution in [3.63, 3.8) is 0 Å². The fraction of sp³-hybridized carbons (Fsp3) is 1.00. The number of rotatable bonds is 4. The molecular weight excluding hydrogens is 146 g/mol. The van der Waals surface area contributed by atoms with Gasteiger partial charge in [0.1, 0.15) is 0 Å². The molecule has 0 spiro atoms. The van der Waals surface area contributed by atoms with Crippen LogP contribution >= 0.6 is 0 Å². The Kier molecular flexibility index (Phi) is 3.71. The summed E-state index contributed by atoms with van der Waals surface area (Å²) in [6.45, 7) is 2.22. The lowest BCUT2D eigenvalue weighted by Crippen LogP contribution is -2.19. The Bertz CT molecular complexity index is 151. The predicted molar refractivity (Wildman–Crippen MR) is 30.9 cm³/mol. The first kappa shape index (κ1) is 8.83. The van der Waals surface area contributed by atoms with E-state index in [2.05, 4.69) is 4.28 Å². The summed E-state index contributed by atoms with van der Waals surface area (Å²) < 4.78 is 31.2. The van der Waals surface area contributed by atoms with Crippen LogP contribution in [0, 0.1) is 0 Å². The Balaban J connectivity index is 3.30. The average molecular weight is 155 g/mol. The van der Waals surface area contributed by atoms with Gasteiger partial charge >= 0.3 is 10.4 Å². The van der Waals surface area contributed by atoms with Crippen molar-refractivity contribution in [2.24, 2.45) is 0 Å². The first-order valence-electron chi connectivity index (χ1n) is 2.45. The molecule has 56 valence electrons. The third kappa shape index (κ3) is 7.83. The van der Waals surface area contributed by atoms with Gasteiger partial charge < -0.3 is 0 Å². The van der Waals surface area contributed by atoms with E-state index in [9.17, 15) is 8.42 Å². The monoisotopic (exact) mass is 155 g/mol. The van der Waals surface area contributed by atoms with Crippen molar-refractivity contribution < 1.29 is 17.3 Å². The molecule has 0 heterocycles. The van der Waals surface area contributed by atoms with Crippen molar-refractivity contribution in [3.8, 4) is 0 Å². The summed E-state index contributed by atoms with van der Waals surface area (Å²) in [5, 5.41) is 0. The Morgan fingerprint density at radius 3 is 2.56 bits per heavy atom. The van der Waals surface area contributed by atoms with Gasteiger partial charge in [0.05, 0.1) is 0 Å². The van der Waals surface area contributed by atoms with Crippen molar-refractivity contribution >= 4 is 10.4 Å². The highest BCUT2D eigenvalue weighted by Crippen LogP contribution is 1.79. The smallest absolute Gasteiger partial charge is 0.262 e. The van der Waals surface area contributed by atoms with E-state index in [0.29, 0.717) is 6.54 Å². The maximum atomic E-state index is 9.78. The molecule has 0 amide bonds. The molecule has 9 heavy (non-hydrogen) atoms. The molecule has 6 heteroatoms. The molecule has 0 aromatic rings. The first-order valence-corrected chi connectivity index (χ1v) is 3.81. The van der Waals surface area contributed by atoms with Crippen LogP contribution in [0.5, 0.6) is 0 Å². The van der Waals surface area contributed by atoms with Gasteiger partial charge in [-0.25, -0.2) is 0 Å². The fourth-order valence-electron chi connectivity index (χ4n) is 0.218. The van der Waals surface area contributed by atoms with E-state index < -0.39 is 10.4 Å². The molecule has 0 aromatic carbocycles. The van der Waals surface area contributed by atoms with E-state index in [1.807, 2.05) is 12.4 Å². The van der Waals surface area contributed by atoms with Crippen LogP contribution in [0.1, 0.15) is 13.3 Å². The molecule has 0 saturated carbocycles. The maximum absolute atomic E-state index is 9.78. The van der Waals surface area contributed by atoms with E-state index in [1.165, 1.54) is 0 Å². The molecule has 0 aliphatic carbocycles. The van der Waals surface area contributed by atoms with Gasteiger partial charge in [-0.2, -0.15) is 18.2 Å². The summed E-state index contributed by atoms with van der Waals surface area (Å²) in [6, 6.07) is 0. The topological polar surface area (TPSA) is 75.6 Å². The van der Waals surface area contributed by atoms with Gasteiger partial charge in [0.15, 0.2) is 0 Å². The molecule has 0 aromatic heterocycles. The molecule has 0 unspecified atom stereocenters. The summed E-state index contributed by atoms with van der Waals surface area (Å²) in [5.41, 5.74) is 2.04. The third-order valence-electron chi connectivity index (χ3n) is 0.516. The summed E-state index contributed by atoms with van der Waals surface area (Å²) in [5.74, 6) is 0. The molecule has 0 fully saturated rings. The van der Waals surface area contributed by atoms with Crippen LogP contribution in [-0.2, 0) is 14.7 Å². The van der Waals surface area contributed by atoms with Gasteiger partial charge in [-0.05, 0) is 6.42 Å². The summed E-state index contributed by atoms with van der Waals surface area (Å²) in [4.78, 5) is 0. The number of hydrogen-bond acceptors (Lipinski definition) is 4. The van der Waals surface area contributed by atoms with E-state index in [0.717, 1.165) is 6.42 Å². The quantitative estimate of drug-likeness (QED) is 0.332. The Hall–Kier alpha value is -0.170. The minimum absolute atomic E-state index is 0.389. The molecule has 0 saturated heterocycles. The van der Waals surface area contributed by atoms with Crippen LogP contribution in [0.15, 0.2) is 0 Å². The fourth-order valence-corrected chi connectivity index (χ4v) is 0.450. The summed E-state index contributed by atoms with van der Waals surface area (Å²) in [6.07, 6.45) is 0.732.